The van der Waals surface area contributed by atoms with Gasteiger partial charge in [0.2, 0.25) is 16.9 Å². The quantitative estimate of drug-likeness (QED) is 0.708. The van der Waals surface area contributed by atoms with Gasteiger partial charge in [0, 0.05) is 24.9 Å². The highest BCUT2D eigenvalue weighted by Gasteiger charge is 2.10. The molecule has 0 saturated heterocycles. The summed E-state index contributed by atoms with van der Waals surface area (Å²) < 4.78 is 5.09. The lowest BCUT2D eigenvalue weighted by atomic mass is 10.1. The maximum Gasteiger partial charge on any atom is 0.226 e. The minimum absolute atomic E-state index is 0.120. The van der Waals surface area contributed by atoms with Crippen LogP contribution in [0.2, 0.25) is 0 Å². The van der Waals surface area contributed by atoms with Gasteiger partial charge in [0.15, 0.2) is 0 Å². The van der Waals surface area contributed by atoms with Crippen LogP contribution in [0.25, 0.3) is 0 Å². The lowest BCUT2D eigenvalue weighted by Gasteiger charge is -2.05. The summed E-state index contributed by atoms with van der Waals surface area (Å²) in [7, 11) is 0. The molecule has 2 aromatic heterocycles. The monoisotopic (exact) mass is 337 g/mol. The second-order valence-electron chi connectivity index (χ2n) is 5.05. The fourth-order valence-electron chi connectivity index (χ4n) is 2.08. The Morgan fingerprint density at radius 2 is 2.04 bits per heavy atom. The molecule has 0 atom stereocenters. The Labute approximate surface area is 137 Å². The summed E-state index contributed by atoms with van der Waals surface area (Å²) in [6, 6.07) is 0. The summed E-state index contributed by atoms with van der Waals surface area (Å²) in [5, 5.41) is 17.0. The van der Waals surface area contributed by atoms with E-state index in [9.17, 15) is 9.59 Å². The van der Waals surface area contributed by atoms with Crippen molar-refractivity contribution >= 4 is 28.3 Å². The maximum atomic E-state index is 11.7. The van der Waals surface area contributed by atoms with Crippen LogP contribution in [0.4, 0.5) is 5.13 Å². The molecule has 0 fully saturated rings. The number of hydrogen-bond donors (Lipinski definition) is 2. The highest BCUT2D eigenvalue weighted by molar-refractivity contribution is 7.13. The summed E-state index contributed by atoms with van der Waals surface area (Å²) in [6.45, 7) is 4.34. The molecule has 0 unspecified atom stereocenters. The first-order valence-corrected chi connectivity index (χ1v) is 8.18. The molecule has 0 bridgehead atoms. The second kappa shape index (κ2) is 8.37. The minimum Gasteiger partial charge on any atom is -0.361 e. The third kappa shape index (κ3) is 5.44. The Hall–Kier alpha value is -2.29. The van der Waals surface area contributed by atoms with Gasteiger partial charge in [-0.25, -0.2) is 0 Å². The van der Waals surface area contributed by atoms with Crippen molar-refractivity contribution in [2.45, 2.75) is 39.5 Å². The van der Waals surface area contributed by atoms with Gasteiger partial charge in [-0.2, -0.15) is 0 Å². The molecule has 0 spiro atoms. The summed E-state index contributed by atoms with van der Waals surface area (Å²) >= 11 is 1.24. The molecule has 9 heteroatoms. The van der Waals surface area contributed by atoms with Crippen molar-refractivity contribution in [2.24, 2.45) is 0 Å². The molecule has 2 N–H and O–H groups in total. The smallest absolute Gasteiger partial charge is 0.226 e. The molecule has 0 aliphatic rings. The van der Waals surface area contributed by atoms with Crippen molar-refractivity contribution in [3.63, 3.8) is 0 Å². The normalized spacial score (nSPS) is 10.5. The van der Waals surface area contributed by atoms with E-state index < -0.39 is 0 Å². The van der Waals surface area contributed by atoms with Crippen LogP contribution in [0.5, 0.6) is 0 Å². The maximum absolute atomic E-state index is 11.7. The number of rotatable bonds is 8. The molecule has 2 rings (SSSR count). The van der Waals surface area contributed by atoms with E-state index in [-0.39, 0.29) is 24.7 Å². The Morgan fingerprint density at radius 3 is 2.70 bits per heavy atom. The third-order valence-electron chi connectivity index (χ3n) is 3.29. The molecule has 0 radical (unpaired) electrons. The highest BCUT2D eigenvalue weighted by Crippen LogP contribution is 2.13. The second-order valence-corrected chi connectivity index (χ2v) is 5.88. The first-order chi connectivity index (χ1) is 11.1. The van der Waals surface area contributed by atoms with E-state index in [0.29, 0.717) is 11.7 Å². The molecule has 8 nitrogen and oxygen atoms in total. The van der Waals surface area contributed by atoms with Gasteiger partial charge in [0.1, 0.15) is 11.3 Å². The van der Waals surface area contributed by atoms with Gasteiger partial charge < -0.3 is 15.2 Å². The van der Waals surface area contributed by atoms with E-state index in [1.165, 1.54) is 16.8 Å². The zero-order valence-corrected chi connectivity index (χ0v) is 13.9. The molecular formula is C14H19N5O3S. The molecular weight excluding hydrogens is 318 g/mol. The van der Waals surface area contributed by atoms with Crippen LogP contribution < -0.4 is 10.6 Å². The lowest BCUT2D eigenvalue weighted by molar-refractivity contribution is -0.124. The van der Waals surface area contributed by atoms with Gasteiger partial charge in [-0.05, 0) is 26.7 Å². The fourth-order valence-corrected chi connectivity index (χ4v) is 2.54. The standard InChI is InChI=1S/C14H19N5O3S/c1-9-11(10(2)22-19-9)4-3-7-15-12(20)5-6-13(21)17-14-18-16-8-23-14/h8H,3-7H2,1-2H3,(H,15,20)(H,17,18,21). The largest absolute Gasteiger partial charge is 0.361 e. The Bertz CT molecular complexity index is 634. The number of amides is 2. The van der Waals surface area contributed by atoms with E-state index in [0.717, 1.165) is 29.9 Å². The van der Waals surface area contributed by atoms with Crippen LogP contribution in [0.1, 0.15) is 36.3 Å². The van der Waals surface area contributed by atoms with Crippen molar-refractivity contribution in [2.75, 3.05) is 11.9 Å². The molecule has 0 saturated carbocycles. The van der Waals surface area contributed by atoms with Crippen molar-refractivity contribution in [1.82, 2.24) is 20.7 Å². The number of nitrogens with zero attached hydrogens (tertiary/aromatic N) is 3. The van der Waals surface area contributed by atoms with E-state index in [4.69, 9.17) is 4.52 Å². The molecule has 0 aromatic carbocycles. The molecule has 2 aromatic rings. The predicted octanol–water partition coefficient (Wildman–Crippen LogP) is 1.61. The first kappa shape index (κ1) is 17.1. The van der Waals surface area contributed by atoms with E-state index >= 15 is 0 Å². The predicted molar refractivity (Wildman–Crippen MR) is 85.1 cm³/mol. The summed E-state index contributed by atoms with van der Waals surface area (Å²) in [5.74, 6) is 0.436. The van der Waals surface area contributed by atoms with Gasteiger partial charge in [0.25, 0.3) is 0 Å². The number of aryl methyl sites for hydroxylation is 2. The summed E-state index contributed by atoms with van der Waals surface area (Å²) in [5.41, 5.74) is 3.51. The number of carbonyl (C=O) groups excluding carboxylic acids is 2. The van der Waals surface area contributed by atoms with Gasteiger partial charge in [-0.15, -0.1) is 10.2 Å². The average molecular weight is 337 g/mol. The number of anilines is 1. The SMILES string of the molecule is Cc1noc(C)c1CCCNC(=O)CCC(=O)Nc1nncs1. The molecule has 0 aliphatic carbocycles. The fraction of sp³-hybridized carbons (Fsp3) is 0.500. The third-order valence-corrected chi connectivity index (χ3v) is 3.90. The van der Waals surface area contributed by atoms with Gasteiger partial charge >= 0.3 is 0 Å². The summed E-state index contributed by atoms with van der Waals surface area (Å²) in [4.78, 5) is 23.3. The zero-order valence-electron chi connectivity index (χ0n) is 13.1. The Kier molecular flexibility index (Phi) is 6.21. The summed E-state index contributed by atoms with van der Waals surface area (Å²) in [6.07, 6.45) is 1.87. The van der Waals surface area contributed by atoms with Gasteiger partial charge in [-0.3, -0.25) is 9.59 Å². The number of aromatic nitrogens is 3. The van der Waals surface area contributed by atoms with Crippen LogP contribution in [0.3, 0.4) is 0 Å². The van der Waals surface area contributed by atoms with Crippen LogP contribution in [-0.2, 0) is 16.0 Å². The van der Waals surface area contributed by atoms with E-state index in [1.807, 2.05) is 13.8 Å². The molecule has 23 heavy (non-hydrogen) atoms. The van der Waals surface area contributed by atoms with Crippen LogP contribution in [0.15, 0.2) is 10.0 Å². The molecule has 2 heterocycles. The molecule has 0 aliphatic heterocycles. The van der Waals surface area contributed by atoms with E-state index in [2.05, 4.69) is 26.0 Å². The Morgan fingerprint density at radius 1 is 1.26 bits per heavy atom. The van der Waals surface area contributed by atoms with Crippen molar-refractivity contribution in [3.8, 4) is 0 Å². The van der Waals surface area contributed by atoms with Crippen LogP contribution >= 0.6 is 11.3 Å². The Balaban J connectivity index is 1.59. The number of carbonyl (C=O) groups is 2. The van der Waals surface area contributed by atoms with Crippen molar-refractivity contribution < 1.29 is 14.1 Å². The minimum atomic E-state index is -0.243. The molecule has 2 amide bonds. The first-order valence-electron chi connectivity index (χ1n) is 7.30. The van der Waals surface area contributed by atoms with Gasteiger partial charge in [0.05, 0.1) is 5.69 Å². The van der Waals surface area contributed by atoms with Gasteiger partial charge in [-0.1, -0.05) is 16.5 Å². The van der Waals surface area contributed by atoms with Crippen molar-refractivity contribution in [1.29, 1.82) is 0 Å². The highest BCUT2D eigenvalue weighted by atomic mass is 32.1. The van der Waals surface area contributed by atoms with Crippen LogP contribution in [-0.4, -0.2) is 33.7 Å². The lowest BCUT2D eigenvalue weighted by Crippen LogP contribution is -2.26. The zero-order chi connectivity index (χ0) is 16.7. The number of nitrogens with one attached hydrogen (secondary N) is 2. The average Bonchev–Trinajstić information content (AvgIpc) is 3.13. The number of hydrogen-bond acceptors (Lipinski definition) is 7. The topological polar surface area (TPSA) is 110 Å². The van der Waals surface area contributed by atoms with Crippen LogP contribution in [0, 0.1) is 13.8 Å². The van der Waals surface area contributed by atoms with Crippen molar-refractivity contribution in [3.05, 3.63) is 22.5 Å². The molecule has 124 valence electrons. The van der Waals surface area contributed by atoms with E-state index in [1.54, 1.807) is 0 Å².